The monoisotopic (exact) mass is 188 g/mol. The lowest BCUT2D eigenvalue weighted by molar-refractivity contribution is 0.343. The number of imidazole rings is 1. The molecule has 2 aromatic rings. The fourth-order valence-corrected chi connectivity index (χ4v) is 1.45. The Morgan fingerprint density at radius 2 is 2.36 bits per heavy atom. The number of aromatic nitrogens is 2. The predicted molar refractivity (Wildman–Crippen MR) is 57.0 cm³/mol. The zero-order chi connectivity index (χ0) is 9.97. The summed E-state index contributed by atoms with van der Waals surface area (Å²) in [7, 11) is 0. The summed E-state index contributed by atoms with van der Waals surface area (Å²) in [5.41, 5.74) is 3.07. The van der Waals surface area contributed by atoms with E-state index in [1.807, 2.05) is 31.2 Å². The highest BCUT2D eigenvalue weighted by Gasteiger charge is 1.98. The summed E-state index contributed by atoms with van der Waals surface area (Å²) in [6.07, 6.45) is 3.60. The van der Waals surface area contributed by atoms with Crippen LogP contribution in [0.1, 0.15) is 11.4 Å². The predicted octanol–water partition coefficient (Wildman–Crippen LogP) is 1.88. The van der Waals surface area contributed by atoms with Crippen molar-refractivity contribution in [3.8, 4) is 0 Å². The lowest BCUT2D eigenvalue weighted by Gasteiger charge is -1.92. The first-order valence-electron chi connectivity index (χ1n) is 4.53. The fraction of sp³-hybridized carbons (Fsp3) is 0.182. The van der Waals surface area contributed by atoms with Gasteiger partial charge in [-0.3, -0.25) is 0 Å². The molecule has 0 amide bonds. The standard InChI is InChI=1S/C11H12N2O/c1-8-12-10-5-4-9(3-2-6-14)7-11(10)13-8/h2-5,7,14H,6H2,1H3,(H,12,13). The Bertz CT molecular complexity index is 471. The Morgan fingerprint density at radius 1 is 1.50 bits per heavy atom. The van der Waals surface area contributed by atoms with Gasteiger partial charge in [0.05, 0.1) is 17.6 Å². The topological polar surface area (TPSA) is 48.9 Å². The van der Waals surface area contributed by atoms with Gasteiger partial charge in [-0.2, -0.15) is 0 Å². The van der Waals surface area contributed by atoms with Gasteiger partial charge >= 0.3 is 0 Å². The van der Waals surface area contributed by atoms with E-state index in [9.17, 15) is 0 Å². The zero-order valence-corrected chi connectivity index (χ0v) is 7.99. The van der Waals surface area contributed by atoms with Crippen LogP contribution >= 0.6 is 0 Å². The van der Waals surface area contributed by atoms with E-state index in [1.165, 1.54) is 0 Å². The highest BCUT2D eigenvalue weighted by Crippen LogP contribution is 2.14. The molecule has 1 aromatic heterocycles. The molecular formula is C11H12N2O. The molecule has 3 nitrogen and oxygen atoms in total. The summed E-state index contributed by atoms with van der Waals surface area (Å²) in [5, 5.41) is 8.64. The molecule has 0 fully saturated rings. The number of nitrogens with one attached hydrogen (secondary N) is 1. The van der Waals surface area contributed by atoms with Gasteiger partial charge in [0, 0.05) is 0 Å². The highest BCUT2D eigenvalue weighted by molar-refractivity contribution is 5.78. The lowest BCUT2D eigenvalue weighted by atomic mass is 10.2. The van der Waals surface area contributed by atoms with E-state index >= 15 is 0 Å². The maximum atomic E-state index is 8.64. The maximum absolute atomic E-state index is 8.64. The smallest absolute Gasteiger partial charge is 0.104 e. The SMILES string of the molecule is Cc1nc2ccc(C=CCO)cc2[nH]1. The second-order valence-corrected chi connectivity index (χ2v) is 3.18. The van der Waals surface area contributed by atoms with E-state index in [0.29, 0.717) is 0 Å². The summed E-state index contributed by atoms with van der Waals surface area (Å²) in [5.74, 6) is 0.920. The summed E-state index contributed by atoms with van der Waals surface area (Å²) in [4.78, 5) is 7.47. The van der Waals surface area contributed by atoms with Crippen molar-refractivity contribution < 1.29 is 5.11 Å². The lowest BCUT2D eigenvalue weighted by Crippen LogP contribution is -1.75. The van der Waals surface area contributed by atoms with Gasteiger partial charge in [-0.1, -0.05) is 18.2 Å². The molecule has 3 heteroatoms. The third-order valence-corrected chi connectivity index (χ3v) is 2.04. The van der Waals surface area contributed by atoms with E-state index in [0.717, 1.165) is 22.4 Å². The largest absolute Gasteiger partial charge is 0.392 e. The van der Waals surface area contributed by atoms with Gasteiger partial charge in [-0.25, -0.2) is 4.98 Å². The molecule has 1 aromatic carbocycles. The second-order valence-electron chi connectivity index (χ2n) is 3.18. The van der Waals surface area contributed by atoms with Crippen molar-refractivity contribution in [1.29, 1.82) is 0 Å². The molecule has 2 rings (SSSR count). The average molecular weight is 188 g/mol. The number of fused-ring (bicyclic) bond motifs is 1. The number of H-pyrrole nitrogens is 1. The molecule has 1 heterocycles. The molecule has 0 bridgehead atoms. The van der Waals surface area contributed by atoms with Crippen molar-refractivity contribution in [3.05, 3.63) is 35.7 Å². The van der Waals surface area contributed by atoms with E-state index in [4.69, 9.17) is 5.11 Å². The zero-order valence-electron chi connectivity index (χ0n) is 7.99. The number of aromatic amines is 1. The first kappa shape index (κ1) is 8.97. The minimum atomic E-state index is 0.0695. The van der Waals surface area contributed by atoms with Crippen LogP contribution in [0.15, 0.2) is 24.3 Å². The van der Waals surface area contributed by atoms with E-state index in [1.54, 1.807) is 6.08 Å². The van der Waals surface area contributed by atoms with Crippen LogP contribution in [-0.4, -0.2) is 21.7 Å². The quantitative estimate of drug-likeness (QED) is 0.756. The summed E-state index contributed by atoms with van der Waals surface area (Å²) in [6, 6.07) is 5.96. The summed E-state index contributed by atoms with van der Waals surface area (Å²) < 4.78 is 0. The van der Waals surface area contributed by atoms with Gasteiger partial charge < -0.3 is 10.1 Å². The van der Waals surface area contributed by atoms with Crippen LogP contribution in [0.5, 0.6) is 0 Å². The van der Waals surface area contributed by atoms with Gasteiger partial charge in [0.25, 0.3) is 0 Å². The molecule has 0 aliphatic rings. The Balaban J connectivity index is 2.45. The Labute approximate surface area is 82.1 Å². The fourth-order valence-electron chi connectivity index (χ4n) is 1.45. The molecule has 14 heavy (non-hydrogen) atoms. The van der Waals surface area contributed by atoms with Crippen molar-refractivity contribution in [2.24, 2.45) is 0 Å². The van der Waals surface area contributed by atoms with Crippen LogP contribution in [0.25, 0.3) is 17.1 Å². The van der Waals surface area contributed by atoms with Crippen molar-refractivity contribution in [1.82, 2.24) is 9.97 Å². The van der Waals surface area contributed by atoms with E-state index < -0.39 is 0 Å². The third kappa shape index (κ3) is 1.67. The normalized spacial score (nSPS) is 11.6. The Hall–Kier alpha value is -1.61. The number of benzene rings is 1. The molecule has 0 spiro atoms. The van der Waals surface area contributed by atoms with Crippen LogP contribution in [0.4, 0.5) is 0 Å². The number of hydrogen-bond acceptors (Lipinski definition) is 2. The molecule has 0 aliphatic carbocycles. The van der Waals surface area contributed by atoms with Gasteiger partial charge in [-0.15, -0.1) is 0 Å². The summed E-state index contributed by atoms with van der Waals surface area (Å²) in [6.45, 7) is 2.00. The van der Waals surface area contributed by atoms with E-state index in [2.05, 4.69) is 9.97 Å². The van der Waals surface area contributed by atoms with Crippen molar-refractivity contribution in [2.75, 3.05) is 6.61 Å². The van der Waals surface area contributed by atoms with Crippen LogP contribution in [0.3, 0.4) is 0 Å². The van der Waals surface area contributed by atoms with Gasteiger partial charge in [-0.05, 0) is 24.6 Å². The molecule has 0 atom stereocenters. The number of nitrogens with zero attached hydrogens (tertiary/aromatic N) is 1. The number of rotatable bonds is 2. The van der Waals surface area contributed by atoms with Crippen LogP contribution in [0, 0.1) is 6.92 Å². The summed E-state index contributed by atoms with van der Waals surface area (Å²) >= 11 is 0. The molecular weight excluding hydrogens is 176 g/mol. The third-order valence-electron chi connectivity index (χ3n) is 2.04. The molecule has 0 saturated heterocycles. The number of aliphatic hydroxyl groups excluding tert-OH is 1. The van der Waals surface area contributed by atoms with Crippen LogP contribution < -0.4 is 0 Å². The van der Waals surface area contributed by atoms with Gasteiger partial charge in [0.1, 0.15) is 5.82 Å². The first-order valence-corrected chi connectivity index (χ1v) is 4.53. The molecule has 72 valence electrons. The molecule has 0 saturated carbocycles. The number of aliphatic hydroxyl groups is 1. The van der Waals surface area contributed by atoms with E-state index in [-0.39, 0.29) is 6.61 Å². The van der Waals surface area contributed by atoms with Crippen LogP contribution in [-0.2, 0) is 0 Å². The molecule has 0 aliphatic heterocycles. The number of hydrogen-bond donors (Lipinski definition) is 2. The van der Waals surface area contributed by atoms with Crippen LogP contribution in [0.2, 0.25) is 0 Å². The van der Waals surface area contributed by atoms with Crippen molar-refractivity contribution in [2.45, 2.75) is 6.92 Å². The van der Waals surface area contributed by atoms with Gasteiger partial charge in [0.2, 0.25) is 0 Å². The molecule has 2 N–H and O–H groups in total. The number of aryl methyl sites for hydroxylation is 1. The molecule has 0 radical (unpaired) electrons. The van der Waals surface area contributed by atoms with Crippen molar-refractivity contribution in [3.63, 3.8) is 0 Å². The van der Waals surface area contributed by atoms with Crippen molar-refractivity contribution >= 4 is 17.1 Å². The maximum Gasteiger partial charge on any atom is 0.104 e. The van der Waals surface area contributed by atoms with Gasteiger partial charge in [0.15, 0.2) is 0 Å². The minimum absolute atomic E-state index is 0.0695. The average Bonchev–Trinajstić information content (AvgIpc) is 2.54. The minimum Gasteiger partial charge on any atom is -0.392 e. The second kappa shape index (κ2) is 3.64. The first-order chi connectivity index (χ1) is 6.79. The Kier molecular flexibility index (Phi) is 2.33. The Morgan fingerprint density at radius 3 is 3.14 bits per heavy atom. The highest BCUT2D eigenvalue weighted by atomic mass is 16.2. The molecule has 0 unspecified atom stereocenters.